The van der Waals surface area contributed by atoms with Crippen molar-refractivity contribution in [3.63, 3.8) is 0 Å². The van der Waals surface area contributed by atoms with Gasteiger partial charge < -0.3 is 25.3 Å². The fourth-order valence-electron chi connectivity index (χ4n) is 5.08. The van der Waals surface area contributed by atoms with Crippen molar-refractivity contribution in [2.45, 2.75) is 57.4 Å². The van der Waals surface area contributed by atoms with Gasteiger partial charge >= 0.3 is 0 Å². The quantitative estimate of drug-likeness (QED) is 0.202. The number of piperidine rings is 1. The molecule has 1 aromatic heterocycles. The molecule has 210 valence electrons. The Balaban J connectivity index is 1.61. The fourth-order valence-corrected chi connectivity index (χ4v) is 7.13. The largest absolute Gasteiger partial charge is 0.495 e. The summed E-state index contributed by atoms with van der Waals surface area (Å²) in [5, 5.41) is 11.4. The van der Waals surface area contributed by atoms with Gasteiger partial charge in [-0.25, -0.2) is 13.2 Å². The van der Waals surface area contributed by atoms with Crippen LogP contribution in [0.1, 0.15) is 43.3 Å². The normalized spacial score (nSPS) is 20.4. The van der Waals surface area contributed by atoms with Crippen LogP contribution in [0.15, 0.2) is 36.4 Å². The predicted molar refractivity (Wildman–Crippen MR) is 158 cm³/mol. The van der Waals surface area contributed by atoms with Crippen LogP contribution in [0, 0.1) is 11.8 Å². The maximum atomic E-state index is 14.9. The van der Waals surface area contributed by atoms with E-state index < -0.39 is 19.7 Å². The van der Waals surface area contributed by atoms with Gasteiger partial charge in [-0.2, -0.15) is 0 Å². The molecule has 2 aromatic carbocycles. The Bertz CT molecular complexity index is 1420. The van der Waals surface area contributed by atoms with Gasteiger partial charge in [-0.15, -0.1) is 11.3 Å². The van der Waals surface area contributed by atoms with Crippen molar-refractivity contribution >= 4 is 45.2 Å². The molecule has 0 amide bonds. The number of benzene rings is 2. The van der Waals surface area contributed by atoms with Gasteiger partial charge in [-0.05, 0) is 64.3 Å². The van der Waals surface area contributed by atoms with Gasteiger partial charge in [0.05, 0.1) is 34.6 Å². The molecule has 5 nitrogen and oxygen atoms in total. The van der Waals surface area contributed by atoms with Gasteiger partial charge in [0, 0.05) is 34.4 Å². The fraction of sp³-hybridized carbons (Fsp3) is 0.448. The Hall–Kier alpha value is -2.66. The second kappa shape index (κ2) is 12.2. The molecule has 3 N–H and O–H groups in total. The standard InChI is InChI=1S/C29H35F3N3O2PS/c1-17-14-19(15-18(2)34-17)35-23-9-6-8-21-26(27(30)29(31)32)25(39-28(21)23)10-7-13-33-22-12-11-20(38(4,5)36)16-24(22)37-3/h6,8-9,11-12,16-19,27,29,33-35H,13-15H2,1-5H3. The summed E-state index contributed by atoms with van der Waals surface area (Å²) in [6.07, 6.45) is -3.73. The van der Waals surface area contributed by atoms with E-state index in [-0.39, 0.29) is 18.2 Å². The van der Waals surface area contributed by atoms with Crippen LogP contribution in [0.3, 0.4) is 0 Å². The molecule has 0 bridgehead atoms. The monoisotopic (exact) mass is 577 g/mol. The summed E-state index contributed by atoms with van der Waals surface area (Å²) < 4.78 is 60.6. The molecule has 0 spiro atoms. The van der Waals surface area contributed by atoms with E-state index in [0.29, 0.717) is 39.1 Å². The van der Waals surface area contributed by atoms with E-state index in [4.69, 9.17) is 4.74 Å². The van der Waals surface area contributed by atoms with Crippen LogP contribution in [-0.4, -0.2) is 51.5 Å². The van der Waals surface area contributed by atoms with Gasteiger partial charge in [0.2, 0.25) is 0 Å². The lowest BCUT2D eigenvalue weighted by Gasteiger charge is -2.34. The molecule has 39 heavy (non-hydrogen) atoms. The number of alkyl halides is 3. The summed E-state index contributed by atoms with van der Waals surface area (Å²) >= 11 is 1.24. The van der Waals surface area contributed by atoms with Crippen LogP contribution in [-0.2, 0) is 4.57 Å². The zero-order chi connectivity index (χ0) is 28.3. The number of methoxy groups -OCH3 is 1. The number of ether oxygens (including phenoxy) is 1. The number of anilines is 2. The van der Waals surface area contributed by atoms with Crippen molar-refractivity contribution in [1.29, 1.82) is 0 Å². The van der Waals surface area contributed by atoms with E-state index in [9.17, 15) is 17.7 Å². The molecule has 3 unspecified atom stereocenters. The van der Waals surface area contributed by atoms with E-state index in [1.807, 2.05) is 6.07 Å². The minimum Gasteiger partial charge on any atom is -0.495 e. The van der Waals surface area contributed by atoms with Crippen LogP contribution in [0.2, 0.25) is 0 Å². The van der Waals surface area contributed by atoms with Crippen molar-refractivity contribution < 1.29 is 22.5 Å². The molecule has 3 atom stereocenters. The highest BCUT2D eigenvalue weighted by atomic mass is 32.1. The number of halogens is 3. The second-order valence-corrected chi connectivity index (χ2v) is 14.7. The molecule has 1 saturated heterocycles. The molecule has 3 aromatic rings. The Morgan fingerprint density at radius 3 is 2.49 bits per heavy atom. The Morgan fingerprint density at radius 2 is 1.85 bits per heavy atom. The number of nitrogens with one attached hydrogen (secondary N) is 3. The molecule has 0 aliphatic carbocycles. The third-order valence-corrected chi connectivity index (χ3v) is 9.52. The Morgan fingerprint density at radius 1 is 1.13 bits per heavy atom. The SMILES string of the molecule is COc1cc(P(C)(C)=O)ccc1NCC#Cc1sc2c(NC3CC(C)NC(C)C3)cccc2c1C(F)C(F)F. The van der Waals surface area contributed by atoms with Gasteiger partial charge in [-0.1, -0.05) is 24.0 Å². The van der Waals surface area contributed by atoms with E-state index in [1.165, 1.54) is 18.4 Å². The van der Waals surface area contributed by atoms with E-state index in [0.717, 1.165) is 23.2 Å². The highest BCUT2D eigenvalue weighted by Gasteiger charge is 2.29. The Kier molecular flexibility index (Phi) is 9.21. The summed E-state index contributed by atoms with van der Waals surface area (Å²) in [5.41, 5.74) is 1.41. The molecule has 1 fully saturated rings. The van der Waals surface area contributed by atoms with Gasteiger partial charge in [0.25, 0.3) is 6.43 Å². The lowest BCUT2D eigenvalue weighted by molar-refractivity contribution is 0.0504. The summed E-state index contributed by atoms with van der Waals surface area (Å²) in [6.45, 7) is 7.84. The van der Waals surface area contributed by atoms with E-state index in [1.54, 1.807) is 43.7 Å². The average molecular weight is 578 g/mol. The zero-order valence-electron chi connectivity index (χ0n) is 22.8. The van der Waals surface area contributed by atoms with Crippen LogP contribution < -0.4 is 26.0 Å². The topological polar surface area (TPSA) is 62.4 Å². The highest BCUT2D eigenvalue weighted by molar-refractivity contribution is 7.70. The molecule has 2 heterocycles. The molecule has 10 heteroatoms. The Labute approximate surface area is 232 Å². The highest BCUT2D eigenvalue weighted by Crippen LogP contribution is 2.42. The summed E-state index contributed by atoms with van der Waals surface area (Å²) in [4.78, 5) is 0.293. The smallest absolute Gasteiger partial charge is 0.273 e. The second-order valence-electron chi connectivity index (χ2n) is 10.4. The summed E-state index contributed by atoms with van der Waals surface area (Å²) in [5.74, 6) is 6.42. The molecular weight excluding hydrogens is 542 g/mol. The van der Waals surface area contributed by atoms with Crippen LogP contribution in [0.25, 0.3) is 10.1 Å². The molecule has 4 rings (SSSR count). The van der Waals surface area contributed by atoms with Gasteiger partial charge in [0.15, 0.2) is 6.17 Å². The number of rotatable bonds is 8. The maximum absolute atomic E-state index is 14.9. The first-order valence-corrected chi connectivity index (χ1v) is 16.4. The van der Waals surface area contributed by atoms with Crippen molar-refractivity contribution in [2.75, 3.05) is 37.6 Å². The van der Waals surface area contributed by atoms with Crippen molar-refractivity contribution in [2.24, 2.45) is 0 Å². The number of hydrogen-bond acceptors (Lipinski definition) is 6. The predicted octanol–water partition coefficient (Wildman–Crippen LogP) is 6.84. The first-order valence-electron chi connectivity index (χ1n) is 12.9. The number of hydrogen-bond donors (Lipinski definition) is 3. The molecule has 0 radical (unpaired) electrons. The first kappa shape index (κ1) is 29.3. The van der Waals surface area contributed by atoms with Gasteiger partial charge in [0.1, 0.15) is 12.9 Å². The third kappa shape index (κ3) is 6.92. The van der Waals surface area contributed by atoms with Gasteiger partial charge in [-0.3, -0.25) is 0 Å². The van der Waals surface area contributed by atoms with Crippen molar-refractivity contribution in [3.05, 3.63) is 46.8 Å². The van der Waals surface area contributed by atoms with E-state index in [2.05, 4.69) is 41.6 Å². The lowest BCUT2D eigenvalue weighted by Crippen LogP contribution is -2.46. The molecule has 0 saturated carbocycles. The molecule has 1 aliphatic heterocycles. The van der Waals surface area contributed by atoms with Crippen molar-refractivity contribution in [3.8, 4) is 17.6 Å². The average Bonchev–Trinajstić information content (AvgIpc) is 3.24. The minimum absolute atomic E-state index is 0.0585. The minimum atomic E-state index is -3.15. The molecule has 1 aliphatic rings. The number of thiophene rings is 1. The zero-order valence-corrected chi connectivity index (χ0v) is 24.5. The van der Waals surface area contributed by atoms with Crippen LogP contribution in [0.5, 0.6) is 5.75 Å². The molecular formula is C29H35F3N3O2PS. The van der Waals surface area contributed by atoms with E-state index >= 15 is 0 Å². The maximum Gasteiger partial charge on any atom is 0.273 e. The van der Waals surface area contributed by atoms with Crippen molar-refractivity contribution in [1.82, 2.24) is 5.32 Å². The van der Waals surface area contributed by atoms with Crippen LogP contribution in [0.4, 0.5) is 24.5 Å². The summed E-state index contributed by atoms with van der Waals surface area (Å²) in [7, 11) is -0.923. The van der Waals surface area contributed by atoms with Crippen LogP contribution >= 0.6 is 18.5 Å². The summed E-state index contributed by atoms with van der Waals surface area (Å²) in [6, 6.07) is 11.6. The lowest BCUT2D eigenvalue weighted by atomic mass is 9.95. The first-order chi connectivity index (χ1) is 18.5. The number of fused-ring (bicyclic) bond motifs is 1. The third-order valence-electron chi connectivity index (χ3n) is 6.83.